The Morgan fingerprint density at radius 3 is 3.00 bits per heavy atom. The van der Waals surface area contributed by atoms with E-state index in [2.05, 4.69) is 12.2 Å². The monoisotopic (exact) mass is 230 g/mol. The van der Waals surface area contributed by atoms with Crippen molar-refractivity contribution < 1.29 is 4.79 Å². The number of rotatable bonds is 5. The second-order valence-corrected chi connectivity index (χ2v) is 4.22. The molecule has 3 heteroatoms. The summed E-state index contributed by atoms with van der Waals surface area (Å²) in [6, 6.07) is 7.83. The summed E-state index contributed by atoms with van der Waals surface area (Å²) in [4.78, 5) is 11.9. The van der Waals surface area contributed by atoms with Crippen LogP contribution in [0.1, 0.15) is 36.5 Å². The lowest BCUT2D eigenvalue weighted by molar-refractivity contribution is 0.0953. The number of unbranched alkanes of at least 4 members (excludes halogenated alkanes) is 2. The Hall–Kier alpha value is -1.77. The summed E-state index contributed by atoms with van der Waals surface area (Å²) in [6.07, 6.45) is 7.20. The molecule has 0 aliphatic carbocycles. The van der Waals surface area contributed by atoms with E-state index in [0.717, 1.165) is 30.5 Å². The highest BCUT2D eigenvalue weighted by atomic mass is 16.1. The summed E-state index contributed by atoms with van der Waals surface area (Å²) in [7, 11) is 0. The number of nitrogens with one attached hydrogen (secondary N) is 1. The summed E-state index contributed by atoms with van der Waals surface area (Å²) in [5.41, 5.74) is 1.78. The van der Waals surface area contributed by atoms with Crippen LogP contribution in [0.15, 0.2) is 36.7 Å². The lowest BCUT2D eigenvalue weighted by Crippen LogP contribution is -2.23. The second-order valence-electron chi connectivity index (χ2n) is 4.22. The van der Waals surface area contributed by atoms with E-state index in [-0.39, 0.29) is 5.91 Å². The summed E-state index contributed by atoms with van der Waals surface area (Å²) in [6.45, 7) is 2.92. The van der Waals surface area contributed by atoms with Gasteiger partial charge in [0, 0.05) is 24.5 Å². The molecule has 0 saturated heterocycles. The molecule has 2 heterocycles. The Morgan fingerprint density at radius 2 is 2.24 bits per heavy atom. The maximum atomic E-state index is 11.9. The van der Waals surface area contributed by atoms with Crippen molar-refractivity contribution in [3.05, 3.63) is 42.2 Å². The average molecular weight is 230 g/mol. The van der Waals surface area contributed by atoms with Crippen LogP contribution in [0.5, 0.6) is 0 Å². The molecule has 0 aliphatic rings. The summed E-state index contributed by atoms with van der Waals surface area (Å²) in [5.74, 6) is 0.0183. The SMILES string of the molecule is CCCCCNC(=O)c1cc2ccccn2c1. The molecule has 0 bridgehead atoms. The minimum absolute atomic E-state index is 0.0183. The highest BCUT2D eigenvalue weighted by Crippen LogP contribution is 2.09. The zero-order valence-electron chi connectivity index (χ0n) is 10.1. The maximum Gasteiger partial charge on any atom is 0.252 e. The first kappa shape index (κ1) is 11.7. The molecule has 3 nitrogen and oxygen atoms in total. The third kappa shape index (κ3) is 2.87. The molecule has 1 amide bonds. The van der Waals surface area contributed by atoms with E-state index >= 15 is 0 Å². The summed E-state index contributed by atoms with van der Waals surface area (Å²) < 4.78 is 1.96. The first-order valence-corrected chi connectivity index (χ1v) is 6.16. The largest absolute Gasteiger partial charge is 0.352 e. The molecule has 0 radical (unpaired) electrons. The quantitative estimate of drug-likeness (QED) is 0.787. The highest BCUT2D eigenvalue weighted by Gasteiger charge is 2.07. The third-order valence-electron chi connectivity index (χ3n) is 2.83. The Kier molecular flexibility index (Phi) is 3.81. The molecule has 0 spiro atoms. The fraction of sp³-hybridized carbons (Fsp3) is 0.357. The number of carbonyl (C=O) groups excluding carboxylic acids is 1. The van der Waals surface area contributed by atoms with Crippen molar-refractivity contribution in [2.24, 2.45) is 0 Å². The number of hydrogen-bond donors (Lipinski definition) is 1. The molecule has 0 saturated carbocycles. The predicted molar refractivity (Wildman–Crippen MR) is 69.3 cm³/mol. The summed E-state index contributed by atoms with van der Waals surface area (Å²) >= 11 is 0. The van der Waals surface area contributed by atoms with Crippen molar-refractivity contribution in [1.29, 1.82) is 0 Å². The molecule has 1 N–H and O–H groups in total. The van der Waals surface area contributed by atoms with E-state index in [4.69, 9.17) is 0 Å². The Bertz CT molecular complexity index is 469. The van der Waals surface area contributed by atoms with E-state index in [1.165, 1.54) is 6.42 Å². The van der Waals surface area contributed by atoms with Gasteiger partial charge in [-0.1, -0.05) is 25.8 Å². The summed E-state index contributed by atoms with van der Waals surface area (Å²) in [5, 5.41) is 2.94. The number of aromatic nitrogens is 1. The topological polar surface area (TPSA) is 33.5 Å². The van der Waals surface area contributed by atoms with Crippen molar-refractivity contribution in [3.63, 3.8) is 0 Å². The molecule has 2 aromatic rings. The van der Waals surface area contributed by atoms with Crippen LogP contribution in [0.25, 0.3) is 5.52 Å². The van der Waals surface area contributed by atoms with E-state index < -0.39 is 0 Å². The fourth-order valence-electron chi connectivity index (χ4n) is 1.86. The number of fused-ring (bicyclic) bond motifs is 1. The lowest BCUT2D eigenvalue weighted by Gasteiger charge is -2.01. The molecule has 0 atom stereocenters. The van der Waals surface area contributed by atoms with Crippen molar-refractivity contribution in [2.75, 3.05) is 6.54 Å². The zero-order chi connectivity index (χ0) is 12.1. The molecule has 0 unspecified atom stereocenters. The van der Waals surface area contributed by atoms with Gasteiger partial charge in [-0.25, -0.2) is 0 Å². The molecule has 2 aromatic heterocycles. The Labute approximate surface area is 101 Å². The van der Waals surface area contributed by atoms with Crippen LogP contribution in [0.3, 0.4) is 0 Å². The van der Waals surface area contributed by atoms with Gasteiger partial charge in [-0.15, -0.1) is 0 Å². The van der Waals surface area contributed by atoms with Crippen LogP contribution in [0.2, 0.25) is 0 Å². The smallest absolute Gasteiger partial charge is 0.252 e. The van der Waals surface area contributed by atoms with E-state index in [9.17, 15) is 4.79 Å². The number of pyridine rings is 1. The van der Waals surface area contributed by atoms with Crippen molar-refractivity contribution in [2.45, 2.75) is 26.2 Å². The molecule has 17 heavy (non-hydrogen) atoms. The normalized spacial score (nSPS) is 10.6. The van der Waals surface area contributed by atoms with Gasteiger partial charge >= 0.3 is 0 Å². The number of nitrogens with zero attached hydrogens (tertiary/aromatic N) is 1. The van der Waals surface area contributed by atoms with Gasteiger partial charge in [0.1, 0.15) is 0 Å². The van der Waals surface area contributed by atoms with Gasteiger partial charge in [-0.05, 0) is 24.6 Å². The van der Waals surface area contributed by atoms with Crippen LogP contribution >= 0.6 is 0 Å². The van der Waals surface area contributed by atoms with Crippen molar-refractivity contribution >= 4 is 11.4 Å². The van der Waals surface area contributed by atoms with E-state index in [0.29, 0.717) is 0 Å². The van der Waals surface area contributed by atoms with Gasteiger partial charge in [0.05, 0.1) is 5.56 Å². The molecular formula is C14H18N2O. The molecule has 2 rings (SSSR count). The fourth-order valence-corrected chi connectivity index (χ4v) is 1.86. The Balaban J connectivity index is 1.99. The van der Waals surface area contributed by atoms with Crippen LogP contribution in [0, 0.1) is 0 Å². The zero-order valence-corrected chi connectivity index (χ0v) is 10.1. The molecule has 0 aliphatic heterocycles. The second kappa shape index (κ2) is 5.53. The third-order valence-corrected chi connectivity index (χ3v) is 2.83. The average Bonchev–Trinajstić information content (AvgIpc) is 2.78. The minimum atomic E-state index is 0.0183. The van der Waals surface area contributed by atoms with Crippen molar-refractivity contribution in [3.8, 4) is 0 Å². The molecule has 0 fully saturated rings. The number of amides is 1. The van der Waals surface area contributed by atoms with Crippen LogP contribution in [-0.4, -0.2) is 16.9 Å². The Morgan fingerprint density at radius 1 is 1.35 bits per heavy atom. The van der Waals surface area contributed by atoms with Gasteiger partial charge in [-0.2, -0.15) is 0 Å². The predicted octanol–water partition coefficient (Wildman–Crippen LogP) is 2.86. The van der Waals surface area contributed by atoms with Gasteiger partial charge < -0.3 is 9.72 Å². The van der Waals surface area contributed by atoms with Crippen LogP contribution in [-0.2, 0) is 0 Å². The number of hydrogen-bond acceptors (Lipinski definition) is 1. The first-order chi connectivity index (χ1) is 8.31. The van der Waals surface area contributed by atoms with Crippen LogP contribution < -0.4 is 5.32 Å². The van der Waals surface area contributed by atoms with Crippen molar-refractivity contribution in [1.82, 2.24) is 9.72 Å². The first-order valence-electron chi connectivity index (χ1n) is 6.16. The van der Waals surface area contributed by atoms with Gasteiger partial charge in [0.15, 0.2) is 0 Å². The minimum Gasteiger partial charge on any atom is -0.352 e. The van der Waals surface area contributed by atoms with Gasteiger partial charge in [0.2, 0.25) is 0 Å². The molecule has 90 valence electrons. The number of carbonyl (C=O) groups is 1. The molecule has 0 aromatic carbocycles. The van der Waals surface area contributed by atoms with Crippen LogP contribution in [0.4, 0.5) is 0 Å². The van der Waals surface area contributed by atoms with Gasteiger partial charge in [-0.3, -0.25) is 4.79 Å². The highest BCUT2D eigenvalue weighted by molar-refractivity contribution is 5.95. The van der Waals surface area contributed by atoms with E-state index in [1.54, 1.807) is 0 Å². The maximum absolute atomic E-state index is 11.9. The lowest BCUT2D eigenvalue weighted by atomic mass is 10.2. The van der Waals surface area contributed by atoms with E-state index in [1.807, 2.05) is 41.1 Å². The van der Waals surface area contributed by atoms with Gasteiger partial charge in [0.25, 0.3) is 5.91 Å². The standard InChI is InChI=1S/C14H18N2O/c1-2-3-5-8-15-14(17)12-10-13-7-4-6-9-16(13)11-12/h4,6-7,9-11H,2-3,5,8H2,1H3,(H,15,17). The molecular weight excluding hydrogens is 212 g/mol.